The van der Waals surface area contributed by atoms with Gasteiger partial charge in [0.05, 0.1) is 4.92 Å². The van der Waals surface area contributed by atoms with E-state index in [1.807, 2.05) is 35.8 Å². The van der Waals surface area contributed by atoms with Crippen molar-refractivity contribution in [2.45, 2.75) is 13.0 Å². The highest BCUT2D eigenvalue weighted by atomic mass is 16.6. The Morgan fingerprint density at radius 1 is 1.25 bits per heavy atom. The fraction of sp³-hybridized carbons (Fsp3) is 0.125. The van der Waals surface area contributed by atoms with E-state index in [1.54, 1.807) is 18.2 Å². The number of primary amides is 1. The number of benzene rings is 2. The number of nitrogens with zero attached hydrogens (tertiary/aromatic N) is 2. The van der Waals surface area contributed by atoms with Crippen LogP contribution in [0.3, 0.4) is 0 Å². The second-order valence-electron chi connectivity index (χ2n) is 4.79. The quantitative estimate of drug-likeness (QED) is 0.460. The fourth-order valence-electron chi connectivity index (χ4n) is 2.04. The van der Waals surface area contributed by atoms with Crippen LogP contribution in [0.1, 0.15) is 11.1 Å². The lowest BCUT2D eigenvalue weighted by atomic mass is 10.1. The molecular weight excluding hydrogens is 312 g/mol. The van der Waals surface area contributed by atoms with Crippen LogP contribution < -0.4 is 15.9 Å². The Kier molecular flexibility index (Phi) is 5.84. The highest BCUT2D eigenvalue weighted by molar-refractivity contribution is 5.73. The van der Waals surface area contributed by atoms with Crippen LogP contribution in [0.25, 0.3) is 0 Å². The standard InChI is InChI=1S/C16H16N4O4/c17-16(21)19-18-10-9-13-7-4-8-14(15(13)20(22)23)24-11-12-5-2-1-3-6-12/h1-8,10H,9,11H2,(H3,17,19,21). The molecule has 124 valence electrons. The number of urea groups is 1. The van der Waals surface area contributed by atoms with E-state index in [2.05, 4.69) is 5.10 Å². The molecule has 0 unspecified atom stereocenters. The number of nitro groups is 1. The first-order chi connectivity index (χ1) is 11.6. The first-order valence-electron chi connectivity index (χ1n) is 7.08. The van der Waals surface area contributed by atoms with Crippen LogP contribution in [0, 0.1) is 10.1 Å². The molecule has 8 heteroatoms. The summed E-state index contributed by atoms with van der Waals surface area (Å²) in [5.74, 6) is 0.178. The van der Waals surface area contributed by atoms with Crippen LogP contribution in [0.2, 0.25) is 0 Å². The zero-order chi connectivity index (χ0) is 17.4. The number of nitro benzene ring substituents is 1. The lowest BCUT2D eigenvalue weighted by molar-refractivity contribution is -0.386. The highest BCUT2D eigenvalue weighted by Gasteiger charge is 2.20. The van der Waals surface area contributed by atoms with Gasteiger partial charge in [0.15, 0.2) is 5.75 Å². The number of rotatable bonds is 7. The van der Waals surface area contributed by atoms with Gasteiger partial charge in [-0.3, -0.25) is 10.1 Å². The van der Waals surface area contributed by atoms with Crippen molar-refractivity contribution in [3.63, 3.8) is 0 Å². The molecule has 0 bridgehead atoms. The molecule has 3 N–H and O–H groups in total. The van der Waals surface area contributed by atoms with Crippen molar-refractivity contribution in [2.75, 3.05) is 0 Å². The molecule has 0 saturated heterocycles. The maximum Gasteiger partial charge on any atom is 0.332 e. The van der Waals surface area contributed by atoms with Crippen molar-refractivity contribution < 1.29 is 14.5 Å². The molecule has 0 heterocycles. The van der Waals surface area contributed by atoms with Crippen molar-refractivity contribution in [3.8, 4) is 5.75 Å². The number of para-hydroxylation sites is 1. The summed E-state index contributed by atoms with van der Waals surface area (Å²) in [5.41, 5.74) is 8.11. The van der Waals surface area contributed by atoms with Crippen molar-refractivity contribution in [1.29, 1.82) is 0 Å². The summed E-state index contributed by atoms with van der Waals surface area (Å²) in [6.45, 7) is 0.225. The largest absolute Gasteiger partial charge is 0.482 e. The van der Waals surface area contributed by atoms with E-state index in [1.165, 1.54) is 6.21 Å². The Bertz CT molecular complexity index is 747. The molecule has 0 spiro atoms. The third kappa shape index (κ3) is 4.80. The summed E-state index contributed by atoms with van der Waals surface area (Å²) >= 11 is 0. The molecule has 0 atom stereocenters. The van der Waals surface area contributed by atoms with Crippen LogP contribution in [-0.4, -0.2) is 17.2 Å². The molecule has 0 fully saturated rings. The highest BCUT2D eigenvalue weighted by Crippen LogP contribution is 2.31. The van der Waals surface area contributed by atoms with E-state index in [9.17, 15) is 14.9 Å². The minimum absolute atomic E-state index is 0.126. The molecule has 24 heavy (non-hydrogen) atoms. The minimum atomic E-state index is -0.805. The van der Waals surface area contributed by atoms with Gasteiger partial charge in [0.1, 0.15) is 6.61 Å². The van der Waals surface area contributed by atoms with Crippen LogP contribution in [-0.2, 0) is 13.0 Å². The van der Waals surface area contributed by atoms with Crippen molar-refractivity contribution in [2.24, 2.45) is 10.8 Å². The summed E-state index contributed by atoms with van der Waals surface area (Å²) in [7, 11) is 0. The predicted molar refractivity (Wildman–Crippen MR) is 88.8 cm³/mol. The van der Waals surface area contributed by atoms with Gasteiger partial charge in [-0.25, -0.2) is 10.2 Å². The number of amides is 2. The van der Waals surface area contributed by atoms with Gasteiger partial charge in [-0.15, -0.1) is 0 Å². The fourth-order valence-corrected chi connectivity index (χ4v) is 2.04. The van der Waals surface area contributed by atoms with Crippen molar-refractivity contribution in [1.82, 2.24) is 5.43 Å². The zero-order valence-corrected chi connectivity index (χ0v) is 12.7. The van der Waals surface area contributed by atoms with Crippen LogP contribution >= 0.6 is 0 Å². The van der Waals surface area contributed by atoms with E-state index in [4.69, 9.17) is 10.5 Å². The lowest BCUT2D eigenvalue weighted by Crippen LogP contribution is -2.24. The van der Waals surface area contributed by atoms with Crippen LogP contribution in [0.15, 0.2) is 53.6 Å². The van der Waals surface area contributed by atoms with Gasteiger partial charge in [-0.1, -0.05) is 42.5 Å². The Balaban J connectivity index is 2.15. The maximum atomic E-state index is 11.4. The summed E-state index contributed by atoms with van der Waals surface area (Å²) in [6.07, 6.45) is 1.48. The molecule has 0 aromatic heterocycles. The number of nitrogens with two attached hydrogens (primary N) is 1. The summed E-state index contributed by atoms with van der Waals surface area (Å²) in [6, 6.07) is 13.4. The van der Waals surface area contributed by atoms with Gasteiger partial charge in [0, 0.05) is 18.2 Å². The molecule has 0 aliphatic carbocycles. The number of carbonyl (C=O) groups is 1. The second kappa shape index (κ2) is 8.28. The number of ether oxygens (including phenoxy) is 1. The summed E-state index contributed by atoms with van der Waals surface area (Å²) in [4.78, 5) is 21.4. The Labute approximate surface area is 138 Å². The van der Waals surface area contributed by atoms with Gasteiger partial charge >= 0.3 is 11.7 Å². The lowest BCUT2D eigenvalue weighted by Gasteiger charge is -2.09. The van der Waals surface area contributed by atoms with Crippen LogP contribution in [0.5, 0.6) is 5.75 Å². The minimum Gasteiger partial charge on any atom is -0.482 e. The average molecular weight is 328 g/mol. The monoisotopic (exact) mass is 328 g/mol. The number of nitrogens with one attached hydrogen (secondary N) is 1. The predicted octanol–water partition coefficient (Wildman–Crippen LogP) is 2.37. The first kappa shape index (κ1) is 16.9. The number of hydrogen-bond acceptors (Lipinski definition) is 5. The van der Waals surface area contributed by atoms with Gasteiger partial charge in [0.25, 0.3) is 0 Å². The molecule has 0 aliphatic heterocycles. The maximum absolute atomic E-state index is 11.4. The molecule has 2 amide bonds. The topological polar surface area (TPSA) is 120 Å². The SMILES string of the molecule is NC(=O)NN=CCc1cccc(OCc2ccccc2)c1[N+](=O)[O-]. The third-order valence-corrected chi connectivity index (χ3v) is 3.08. The van der Waals surface area contributed by atoms with E-state index >= 15 is 0 Å². The van der Waals surface area contributed by atoms with Gasteiger partial charge < -0.3 is 10.5 Å². The van der Waals surface area contributed by atoms with E-state index < -0.39 is 11.0 Å². The van der Waals surface area contributed by atoms with E-state index in [-0.39, 0.29) is 24.5 Å². The summed E-state index contributed by atoms with van der Waals surface area (Å²) < 4.78 is 5.59. The molecule has 0 saturated carbocycles. The Morgan fingerprint density at radius 3 is 2.67 bits per heavy atom. The molecular formula is C16H16N4O4. The average Bonchev–Trinajstić information content (AvgIpc) is 2.57. The summed E-state index contributed by atoms with van der Waals surface area (Å²) in [5, 5.41) is 15.0. The number of hydrazone groups is 1. The smallest absolute Gasteiger partial charge is 0.332 e. The third-order valence-electron chi connectivity index (χ3n) is 3.08. The van der Waals surface area contributed by atoms with Crippen molar-refractivity contribution >= 4 is 17.9 Å². The van der Waals surface area contributed by atoms with Crippen LogP contribution in [0.4, 0.5) is 10.5 Å². The Morgan fingerprint density at radius 2 is 2.00 bits per heavy atom. The molecule has 0 aliphatic rings. The normalized spacial score (nSPS) is 10.5. The second-order valence-corrected chi connectivity index (χ2v) is 4.79. The molecule has 2 rings (SSSR count). The first-order valence-corrected chi connectivity index (χ1v) is 7.08. The van der Waals surface area contributed by atoms with E-state index in [0.717, 1.165) is 5.56 Å². The zero-order valence-electron chi connectivity index (χ0n) is 12.7. The molecule has 0 radical (unpaired) electrons. The number of hydrogen-bond donors (Lipinski definition) is 2. The number of carbonyl (C=O) groups excluding carboxylic acids is 1. The van der Waals surface area contributed by atoms with Gasteiger partial charge in [-0.2, -0.15) is 5.10 Å². The van der Waals surface area contributed by atoms with Gasteiger partial charge in [-0.05, 0) is 11.6 Å². The molecule has 8 nitrogen and oxygen atoms in total. The van der Waals surface area contributed by atoms with Crippen molar-refractivity contribution in [3.05, 3.63) is 69.8 Å². The van der Waals surface area contributed by atoms with Gasteiger partial charge in [0.2, 0.25) is 0 Å². The molecule has 2 aromatic rings. The Hall–Kier alpha value is -3.42. The van der Waals surface area contributed by atoms with E-state index in [0.29, 0.717) is 5.56 Å². The molecule has 2 aromatic carbocycles.